The van der Waals surface area contributed by atoms with Crippen molar-refractivity contribution in [2.45, 2.75) is 44.4 Å². The van der Waals surface area contributed by atoms with E-state index < -0.39 is 5.82 Å². The van der Waals surface area contributed by atoms with Crippen LogP contribution in [0, 0.1) is 5.82 Å². The molecule has 0 radical (unpaired) electrons. The van der Waals surface area contributed by atoms with Gasteiger partial charge in [0, 0.05) is 55.8 Å². The van der Waals surface area contributed by atoms with Gasteiger partial charge in [-0.25, -0.2) is 19.4 Å². The molecule has 3 aliphatic rings. The zero-order valence-electron chi connectivity index (χ0n) is 26.0. The molecule has 0 aliphatic carbocycles. The molecule has 3 aromatic rings. The molecule has 3 fully saturated rings. The second kappa shape index (κ2) is 14.2. The van der Waals surface area contributed by atoms with E-state index in [0.717, 1.165) is 51.3 Å². The van der Waals surface area contributed by atoms with Gasteiger partial charge in [0.15, 0.2) is 5.82 Å². The number of ether oxygens (including phenoxy) is 2. The summed E-state index contributed by atoms with van der Waals surface area (Å²) in [7, 11) is 1.61. The quantitative estimate of drug-likeness (QED) is 0.279. The number of carbonyl (C=O) groups is 1. The van der Waals surface area contributed by atoms with Crippen LogP contribution in [0.15, 0.2) is 55.4 Å². The standard InChI is InChI=1S/C33H39ClFN7O4/c1-4-33(43)39-26-16-27(30(44-3)17-29(26)40-8-5-25(6-9-40)41-10-12-45-21(2)19-41)38-31-18-32(37-20-36-31)42-28(7-11-46-42)22-13-23(34)15-24(35)14-22/h4,13-18,20-21,25,28H,1,5-12,19H2,2-3H3,(H,39,43)(H,36,37,38). The second-order valence-electron chi connectivity index (χ2n) is 11.7. The minimum Gasteiger partial charge on any atom is -0.494 e. The van der Waals surface area contributed by atoms with Gasteiger partial charge in [0.05, 0.1) is 49.5 Å². The summed E-state index contributed by atoms with van der Waals surface area (Å²) >= 11 is 6.14. The van der Waals surface area contributed by atoms with Crippen molar-refractivity contribution in [1.82, 2.24) is 14.9 Å². The molecule has 4 heterocycles. The minimum absolute atomic E-state index is 0.250. The number of methoxy groups -OCH3 is 1. The van der Waals surface area contributed by atoms with Crippen molar-refractivity contribution in [3.8, 4) is 5.75 Å². The molecule has 11 nitrogen and oxygen atoms in total. The third kappa shape index (κ3) is 7.20. The Morgan fingerprint density at radius 2 is 1.91 bits per heavy atom. The summed E-state index contributed by atoms with van der Waals surface area (Å²) in [6.45, 7) is 10.6. The predicted molar refractivity (Wildman–Crippen MR) is 177 cm³/mol. The zero-order chi connectivity index (χ0) is 32.2. The molecule has 2 N–H and O–H groups in total. The number of nitrogens with one attached hydrogen (secondary N) is 2. The molecule has 46 heavy (non-hydrogen) atoms. The minimum atomic E-state index is -0.412. The van der Waals surface area contributed by atoms with E-state index in [9.17, 15) is 9.18 Å². The van der Waals surface area contributed by atoms with Crippen LogP contribution in [0.25, 0.3) is 0 Å². The topological polar surface area (TPSA) is 104 Å². The first-order chi connectivity index (χ1) is 22.3. The highest BCUT2D eigenvalue weighted by Gasteiger charge is 2.31. The molecular formula is C33H39ClFN7O4. The van der Waals surface area contributed by atoms with E-state index in [1.807, 2.05) is 12.1 Å². The fourth-order valence-electron chi connectivity index (χ4n) is 6.47. The van der Waals surface area contributed by atoms with Gasteiger partial charge in [-0.2, -0.15) is 0 Å². The summed E-state index contributed by atoms with van der Waals surface area (Å²) in [5.74, 6) is 0.831. The Labute approximate surface area is 273 Å². The first-order valence-electron chi connectivity index (χ1n) is 15.5. The molecule has 3 saturated heterocycles. The van der Waals surface area contributed by atoms with E-state index in [0.29, 0.717) is 58.4 Å². The number of anilines is 5. The van der Waals surface area contributed by atoms with Crippen LogP contribution >= 0.6 is 11.6 Å². The Bertz CT molecular complexity index is 1550. The zero-order valence-corrected chi connectivity index (χ0v) is 26.8. The lowest BCUT2D eigenvalue weighted by Crippen LogP contribution is -2.51. The van der Waals surface area contributed by atoms with Crippen molar-refractivity contribution < 1.29 is 23.5 Å². The molecular weight excluding hydrogens is 613 g/mol. The van der Waals surface area contributed by atoms with Crippen LogP contribution in [0.5, 0.6) is 5.75 Å². The first-order valence-corrected chi connectivity index (χ1v) is 15.9. The highest BCUT2D eigenvalue weighted by Crippen LogP contribution is 2.41. The Balaban J connectivity index is 1.23. The Morgan fingerprint density at radius 1 is 1.09 bits per heavy atom. The number of benzene rings is 2. The molecule has 244 valence electrons. The summed E-state index contributed by atoms with van der Waals surface area (Å²) in [5, 5.41) is 8.27. The van der Waals surface area contributed by atoms with Gasteiger partial charge in [-0.05, 0) is 55.7 Å². The molecule has 13 heteroatoms. The van der Waals surface area contributed by atoms with Gasteiger partial charge >= 0.3 is 0 Å². The molecule has 0 saturated carbocycles. The number of amides is 1. The molecule has 1 aromatic heterocycles. The molecule has 3 aliphatic heterocycles. The van der Waals surface area contributed by atoms with Crippen molar-refractivity contribution in [2.75, 3.05) is 67.1 Å². The van der Waals surface area contributed by atoms with Gasteiger partial charge in [0.2, 0.25) is 5.91 Å². The largest absolute Gasteiger partial charge is 0.494 e. The average Bonchev–Trinajstić information content (AvgIpc) is 3.55. The number of hydrogen-bond acceptors (Lipinski definition) is 10. The Morgan fingerprint density at radius 3 is 2.65 bits per heavy atom. The highest BCUT2D eigenvalue weighted by atomic mass is 35.5. The van der Waals surface area contributed by atoms with Crippen molar-refractivity contribution in [3.05, 3.63) is 71.8 Å². The van der Waals surface area contributed by atoms with E-state index in [4.69, 9.17) is 25.9 Å². The number of hydrogen-bond donors (Lipinski definition) is 2. The van der Waals surface area contributed by atoms with Gasteiger partial charge in [-0.15, -0.1) is 0 Å². The van der Waals surface area contributed by atoms with E-state index >= 15 is 0 Å². The fraction of sp³-hybridized carbons (Fsp3) is 0.424. The fourth-order valence-corrected chi connectivity index (χ4v) is 6.70. The van der Waals surface area contributed by atoms with E-state index in [-0.39, 0.29) is 18.1 Å². The maximum absolute atomic E-state index is 14.1. The van der Waals surface area contributed by atoms with E-state index in [1.165, 1.54) is 24.5 Å². The molecule has 1 amide bonds. The van der Waals surface area contributed by atoms with Crippen LogP contribution in [0.1, 0.15) is 37.8 Å². The van der Waals surface area contributed by atoms with Crippen molar-refractivity contribution in [1.29, 1.82) is 0 Å². The van der Waals surface area contributed by atoms with Crippen molar-refractivity contribution in [2.24, 2.45) is 0 Å². The molecule has 2 aromatic carbocycles. The number of aromatic nitrogens is 2. The van der Waals surface area contributed by atoms with Gasteiger partial charge in [0.1, 0.15) is 23.7 Å². The number of nitrogens with zero attached hydrogens (tertiary/aromatic N) is 5. The molecule has 0 spiro atoms. The SMILES string of the molecule is C=CC(=O)Nc1cc(Nc2cc(N3OCCC3c3cc(F)cc(Cl)c3)ncn2)c(OC)cc1N1CCC(N2CCOC(C)C2)CC1. The van der Waals surface area contributed by atoms with Crippen LogP contribution in [0.2, 0.25) is 5.02 Å². The predicted octanol–water partition coefficient (Wildman–Crippen LogP) is 5.72. The van der Waals surface area contributed by atoms with Gasteiger partial charge < -0.3 is 25.0 Å². The lowest BCUT2D eigenvalue weighted by molar-refractivity contribution is -0.111. The second-order valence-corrected chi connectivity index (χ2v) is 12.1. The number of morpholine rings is 1. The summed E-state index contributed by atoms with van der Waals surface area (Å²) in [6.07, 6.45) is 5.58. The number of carbonyl (C=O) groups excluding carboxylic acids is 1. The maximum atomic E-state index is 14.1. The summed E-state index contributed by atoms with van der Waals surface area (Å²) in [4.78, 5) is 32.1. The third-order valence-corrected chi connectivity index (χ3v) is 8.89. The van der Waals surface area contributed by atoms with Crippen LogP contribution in [0.3, 0.4) is 0 Å². The van der Waals surface area contributed by atoms with Crippen LogP contribution in [0.4, 0.5) is 33.1 Å². The summed E-state index contributed by atoms with van der Waals surface area (Å²) in [6, 6.07) is 10.2. The van der Waals surface area contributed by atoms with E-state index in [2.05, 4.69) is 43.9 Å². The molecule has 6 rings (SSSR count). The third-order valence-electron chi connectivity index (χ3n) is 8.67. The first kappa shape index (κ1) is 32.0. The Kier molecular flexibility index (Phi) is 9.88. The number of piperidine rings is 1. The van der Waals surface area contributed by atoms with E-state index in [1.54, 1.807) is 24.3 Å². The van der Waals surface area contributed by atoms with Gasteiger partial charge in [-0.1, -0.05) is 18.2 Å². The number of hydroxylamine groups is 1. The average molecular weight is 652 g/mol. The number of halogens is 2. The van der Waals surface area contributed by atoms with Crippen LogP contribution in [-0.2, 0) is 14.4 Å². The van der Waals surface area contributed by atoms with Crippen molar-refractivity contribution >= 4 is 46.2 Å². The maximum Gasteiger partial charge on any atom is 0.247 e. The lowest BCUT2D eigenvalue weighted by atomic mass is 10.0. The highest BCUT2D eigenvalue weighted by molar-refractivity contribution is 6.30. The smallest absolute Gasteiger partial charge is 0.247 e. The summed E-state index contributed by atoms with van der Waals surface area (Å²) in [5.41, 5.74) is 2.80. The number of rotatable bonds is 9. The molecule has 2 unspecified atom stereocenters. The Hall–Kier alpha value is -3.97. The normalized spacial score (nSPS) is 20.9. The van der Waals surface area contributed by atoms with Crippen LogP contribution < -0.4 is 25.3 Å². The van der Waals surface area contributed by atoms with Gasteiger partial charge in [-0.3, -0.25) is 14.5 Å². The van der Waals surface area contributed by atoms with Crippen molar-refractivity contribution in [3.63, 3.8) is 0 Å². The van der Waals surface area contributed by atoms with Gasteiger partial charge in [0.25, 0.3) is 0 Å². The molecule has 0 bridgehead atoms. The molecule has 2 atom stereocenters. The van der Waals surface area contributed by atoms with Crippen LogP contribution in [-0.4, -0.2) is 79.4 Å². The monoisotopic (exact) mass is 651 g/mol. The summed E-state index contributed by atoms with van der Waals surface area (Å²) < 4.78 is 25.7. The lowest BCUT2D eigenvalue weighted by Gasteiger charge is -2.42.